The molecule has 2 rings (SSSR count). The summed E-state index contributed by atoms with van der Waals surface area (Å²) < 4.78 is 26.0. The van der Waals surface area contributed by atoms with E-state index in [0.717, 1.165) is 38.5 Å². The second kappa shape index (κ2) is 7.02. The molecule has 1 heterocycles. The van der Waals surface area contributed by atoms with Gasteiger partial charge in [0, 0.05) is 12.6 Å². The van der Waals surface area contributed by atoms with Crippen molar-refractivity contribution < 1.29 is 8.78 Å². The lowest BCUT2D eigenvalue weighted by Crippen LogP contribution is -2.35. The topological polar surface area (TPSA) is 29.3 Å². The SMILES string of the molecule is Cl.NCC1CCN(Cc2cc(F)cc(F)c2)CC1. The van der Waals surface area contributed by atoms with E-state index < -0.39 is 11.6 Å². The smallest absolute Gasteiger partial charge is 0.126 e. The number of rotatable bonds is 3. The average molecular weight is 277 g/mol. The molecule has 0 aliphatic carbocycles. The molecule has 2 nitrogen and oxygen atoms in total. The van der Waals surface area contributed by atoms with Gasteiger partial charge in [-0.2, -0.15) is 0 Å². The van der Waals surface area contributed by atoms with Crippen LogP contribution in [0.5, 0.6) is 0 Å². The van der Waals surface area contributed by atoms with Gasteiger partial charge in [0.15, 0.2) is 0 Å². The molecule has 1 aliphatic rings. The summed E-state index contributed by atoms with van der Waals surface area (Å²) in [5.74, 6) is -0.399. The maximum absolute atomic E-state index is 13.0. The van der Waals surface area contributed by atoms with Crippen molar-refractivity contribution in [3.05, 3.63) is 35.4 Å². The van der Waals surface area contributed by atoms with E-state index in [-0.39, 0.29) is 12.4 Å². The van der Waals surface area contributed by atoms with E-state index in [2.05, 4.69) is 4.90 Å². The fraction of sp³-hybridized carbons (Fsp3) is 0.538. The lowest BCUT2D eigenvalue weighted by Gasteiger charge is -2.31. The van der Waals surface area contributed by atoms with E-state index in [1.807, 2.05) is 0 Å². The normalized spacial score (nSPS) is 17.5. The van der Waals surface area contributed by atoms with E-state index in [4.69, 9.17) is 5.73 Å². The van der Waals surface area contributed by atoms with Gasteiger partial charge in [-0.1, -0.05) is 0 Å². The van der Waals surface area contributed by atoms with E-state index in [0.29, 0.717) is 18.0 Å². The van der Waals surface area contributed by atoms with Gasteiger partial charge < -0.3 is 5.73 Å². The summed E-state index contributed by atoms with van der Waals surface area (Å²) in [4.78, 5) is 2.22. The molecule has 1 aliphatic heterocycles. The third-order valence-electron chi connectivity index (χ3n) is 3.37. The van der Waals surface area contributed by atoms with E-state index in [9.17, 15) is 8.78 Å². The van der Waals surface area contributed by atoms with Crippen LogP contribution in [0.4, 0.5) is 8.78 Å². The van der Waals surface area contributed by atoms with E-state index in [1.165, 1.54) is 12.1 Å². The predicted molar refractivity (Wildman–Crippen MR) is 70.7 cm³/mol. The van der Waals surface area contributed by atoms with Gasteiger partial charge in [-0.05, 0) is 56.1 Å². The number of piperidine rings is 1. The summed E-state index contributed by atoms with van der Waals surface area (Å²) in [6.07, 6.45) is 2.16. The first-order chi connectivity index (χ1) is 8.17. The van der Waals surface area contributed by atoms with Gasteiger partial charge in [0.05, 0.1) is 0 Å². The number of nitrogens with zero attached hydrogens (tertiary/aromatic N) is 1. The van der Waals surface area contributed by atoms with E-state index in [1.54, 1.807) is 0 Å². The Labute approximate surface area is 113 Å². The van der Waals surface area contributed by atoms with Gasteiger partial charge in [0.1, 0.15) is 11.6 Å². The second-order valence-electron chi connectivity index (χ2n) is 4.73. The van der Waals surface area contributed by atoms with Crippen LogP contribution in [0, 0.1) is 17.6 Å². The summed E-state index contributed by atoms with van der Waals surface area (Å²) in [7, 11) is 0. The number of hydrogen-bond acceptors (Lipinski definition) is 2. The van der Waals surface area contributed by atoms with Crippen molar-refractivity contribution in [3.8, 4) is 0 Å². The Bertz CT molecular complexity index is 359. The fourth-order valence-electron chi connectivity index (χ4n) is 2.34. The van der Waals surface area contributed by atoms with Crippen LogP contribution in [0.1, 0.15) is 18.4 Å². The van der Waals surface area contributed by atoms with Crippen LogP contribution in [0.25, 0.3) is 0 Å². The van der Waals surface area contributed by atoms with Crippen molar-refractivity contribution in [3.63, 3.8) is 0 Å². The third kappa shape index (κ3) is 4.19. The first kappa shape index (κ1) is 15.3. The molecule has 0 saturated carbocycles. The van der Waals surface area contributed by atoms with Gasteiger partial charge in [0.25, 0.3) is 0 Å². The number of hydrogen-bond donors (Lipinski definition) is 1. The molecular formula is C13H19ClF2N2. The molecule has 0 unspecified atom stereocenters. The molecule has 2 N–H and O–H groups in total. The van der Waals surface area contributed by atoms with Crippen molar-refractivity contribution in [1.29, 1.82) is 0 Å². The first-order valence-electron chi connectivity index (χ1n) is 6.05. The third-order valence-corrected chi connectivity index (χ3v) is 3.37. The van der Waals surface area contributed by atoms with Crippen LogP contribution in [-0.2, 0) is 6.54 Å². The molecule has 1 aromatic carbocycles. The van der Waals surface area contributed by atoms with Gasteiger partial charge >= 0.3 is 0 Å². The van der Waals surface area contributed by atoms with Gasteiger partial charge in [-0.25, -0.2) is 8.78 Å². The van der Waals surface area contributed by atoms with Crippen molar-refractivity contribution >= 4 is 12.4 Å². The Balaban J connectivity index is 0.00000162. The van der Waals surface area contributed by atoms with Crippen LogP contribution < -0.4 is 5.73 Å². The molecule has 0 amide bonds. The highest BCUT2D eigenvalue weighted by Gasteiger charge is 2.18. The van der Waals surface area contributed by atoms with Gasteiger partial charge in [-0.15, -0.1) is 12.4 Å². The van der Waals surface area contributed by atoms with E-state index >= 15 is 0 Å². The Morgan fingerprint density at radius 3 is 2.17 bits per heavy atom. The summed E-state index contributed by atoms with van der Waals surface area (Å²) in [5, 5.41) is 0. The molecule has 5 heteroatoms. The monoisotopic (exact) mass is 276 g/mol. The Kier molecular flexibility index (Phi) is 5.99. The molecule has 0 radical (unpaired) electrons. The second-order valence-corrected chi connectivity index (χ2v) is 4.73. The molecular weight excluding hydrogens is 258 g/mol. The quantitative estimate of drug-likeness (QED) is 0.919. The summed E-state index contributed by atoms with van der Waals surface area (Å²) in [6, 6.07) is 3.71. The molecule has 0 bridgehead atoms. The minimum absolute atomic E-state index is 0. The zero-order chi connectivity index (χ0) is 12.3. The molecule has 0 aromatic heterocycles. The number of halogens is 3. The highest BCUT2D eigenvalue weighted by molar-refractivity contribution is 5.85. The van der Waals surface area contributed by atoms with Crippen LogP contribution in [0.3, 0.4) is 0 Å². The number of benzene rings is 1. The molecule has 0 atom stereocenters. The summed E-state index contributed by atoms with van der Waals surface area (Å²) in [6.45, 7) is 3.27. The molecule has 1 saturated heterocycles. The number of nitrogens with two attached hydrogens (primary N) is 1. The highest BCUT2D eigenvalue weighted by Crippen LogP contribution is 2.18. The molecule has 1 fully saturated rings. The van der Waals surface area contributed by atoms with Crippen LogP contribution in [0.15, 0.2) is 18.2 Å². The summed E-state index contributed by atoms with van der Waals surface area (Å²) >= 11 is 0. The maximum Gasteiger partial charge on any atom is 0.126 e. The molecule has 18 heavy (non-hydrogen) atoms. The average Bonchev–Trinajstić information content (AvgIpc) is 2.28. The number of likely N-dealkylation sites (tertiary alicyclic amines) is 1. The Morgan fingerprint density at radius 1 is 1.11 bits per heavy atom. The van der Waals surface area contributed by atoms with Gasteiger partial charge in [-0.3, -0.25) is 4.90 Å². The maximum atomic E-state index is 13.0. The predicted octanol–water partition coefficient (Wildman–Crippen LogP) is 2.56. The standard InChI is InChI=1S/C13H18F2N2.ClH/c14-12-5-11(6-13(15)7-12)9-17-3-1-10(8-16)2-4-17;/h5-7,10H,1-4,8-9,16H2;1H. The largest absolute Gasteiger partial charge is 0.330 e. The minimum Gasteiger partial charge on any atom is -0.330 e. The van der Waals surface area contributed by atoms with Crippen molar-refractivity contribution in [2.75, 3.05) is 19.6 Å². The minimum atomic E-state index is -0.503. The van der Waals surface area contributed by atoms with Crippen LogP contribution in [0.2, 0.25) is 0 Å². The molecule has 102 valence electrons. The lowest BCUT2D eigenvalue weighted by molar-refractivity contribution is 0.180. The van der Waals surface area contributed by atoms with Crippen molar-refractivity contribution in [1.82, 2.24) is 4.90 Å². The van der Waals surface area contributed by atoms with Crippen molar-refractivity contribution in [2.24, 2.45) is 11.7 Å². The van der Waals surface area contributed by atoms with Gasteiger partial charge in [0.2, 0.25) is 0 Å². The zero-order valence-electron chi connectivity index (χ0n) is 10.2. The lowest BCUT2D eigenvalue weighted by atomic mass is 9.97. The fourth-order valence-corrected chi connectivity index (χ4v) is 2.34. The molecule has 1 aromatic rings. The Hall–Kier alpha value is -0.710. The highest BCUT2D eigenvalue weighted by atomic mass is 35.5. The Morgan fingerprint density at radius 2 is 1.67 bits per heavy atom. The summed E-state index contributed by atoms with van der Waals surface area (Å²) in [5.41, 5.74) is 6.33. The first-order valence-corrected chi connectivity index (χ1v) is 6.05. The molecule has 0 spiro atoms. The van der Waals surface area contributed by atoms with Crippen LogP contribution in [-0.4, -0.2) is 24.5 Å². The zero-order valence-corrected chi connectivity index (χ0v) is 11.1. The van der Waals surface area contributed by atoms with Crippen LogP contribution >= 0.6 is 12.4 Å². The van der Waals surface area contributed by atoms with Crippen molar-refractivity contribution in [2.45, 2.75) is 19.4 Å².